The maximum atomic E-state index is 6.79. The van der Waals surface area contributed by atoms with Gasteiger partial charge in [-0.05, 0) is 61.6 Å². The first kappa shape index (κ1) is 14.2. The van der Waals surface area contributed by atoms with Crippen molar-refractivity contribution in [2.45, 2.75) is 52.1 Å². The molecular weight excluding hydrogens is 306 g/mol. The van der Waals surface area contributed by atoms with E-state index in [0.29, 0.717) is 17.3 Å². The molecule has 4 aliphatic rings. The van der Waals surface area contributed by atoms with Crippen LogP contribution in [-0.2, 0) is 0 Å². The second-order valence-corrected chi connectivity index (χ2v) is 9.47. The van der Waals surface area contributed by atoms with E-state index in [-0.39, 0.29) is 5.60 Å². The zero-order valence-corrected chi connectivity index (χ0v) is 15.4. The van der Waals surface area contributed by atoms with Crippen LogP contribution in [0.4, 0.5) is 0 Å². The fourth-order valence-electron chi connectivity index (χ4n) is 6.67. The molecule has 128 valence electrons. The number of aromatic amines is 1. The first-order valence-corrected chi connectivity index (χ1v) is 9.63. The predicted molar refractivity (Wildman–Crippen MR) is 102 cm³/mol. The molecule has 0 spiro atoms. The van der Waals surface area contributed by atoms with Crippen LogP contribution in [0.25, 0.3) is 21.8 Å². The topological polar surface area (TPSA) is 25.0 Å². The average Bonchev–Trinajstić information content (AvgIpc) is 2.91. The van der Waals surface area contributed by atoms with Crippen molar-refractivity contribution in [3.63, 3.8) is 0 Å². The Hall–Kier alpha value is -1.96. The highest BCUT2D eigenvalue weighted by atomic mass is 16.5. The third-order valence-electron chi connectivity index (χ3n) is 7.88. The maximum absolute atomic E-state index is 6.79. The highest BCUT2D eigenvalue weighted by molar-refractivity contribution is 6.09. The molecule has 2 heterocycles. The van der Waals surface area contributed by atoms with Crippen molar-refractivity contribution in [3.8, 4) is 5.75 Å². The number of hydrogen-bond acceptors (Lipinski definition) is 1. The van der Waals surface area contributed by atoms with Crippen molar-refractivity contribution >= 4 is 21.8 Å². The Balaban J connectivity index is 1.71. The fraction of sp³-hybridized carbons (Fsp3) is 0.478. The largest absolute Gasteiger partial charge is 0.487 e. The summed E-state index contributed by atoms with van der Waals surface area (Å²) in [5.74, 6) is 3.25. The summed E-state index contributed by atoms with van der Waals surface area (Å²) in [7, 11) is 0. The summed E-state index contributed by atoms with van der Waals surface area (Å²) in [5, 5.41) is 2.69. The van der Waals surface area contributed by atoms with Gasteiger partial charge in [0.1, 0.15) is 11.4 Å². The maximum Gasteiger partial charge on any atom is 0.128 e. The van der Waals surface area contributed by atoms with Gasteiger partial charge in [-0.2, -0.15) is 0 Å². The molecule has 0 saturated heterocycles. The number of fused-ring (bicyclic) bond motifs is 5. The van der Waals surface area contributed by atoms with Crippen LogP contribution in [0.5, 0.6) is 5.75 Å². The van der Waals surface area contributed by atoms with E-state index < -0.39 is 0 Å². The third-order valence-corrected chi connectivity index (χ3v) is 7.88. The van der Waals surface area contributed by atoms with E-state index in [1.165, 1.54) is 51.5 Å². The smallest absolute Gasteiger partial charge is 0.128 e. The highest BCUT2D eigenvalue weighted by Crippen LogP contribution is 2.71. The molecule has 0 radical (unpaired) electrons. The van der Waals surface area contributed by atoms with E-state index in [9.17, 15) is 0 Å². The molecule has 1 aliphatic heterocycles. The van der Waals surface area contributed by atoms with Crippen LogP contribution < -0.4 is 4.74 Å². The molecule has 3 aromatic rings. The molecule has 1 N–H and O–H groups in total. The summed E-state index contributed by atoms with van der Waals surface area (Å²) in [6.07, 6.45) is 2.50. The van der Waals surface area contributed by atoms with Gasteiger partial charge in [-0.1, -0.05) is 32.0 Å². The molecule has 4 atom stereocenters. The van der Waals surface area contributed by atoms with Gasteiger partial charge in [0.25, 0.3) is 0 Å². The standard InChI is InChI=1S/C23H25NO/c1-12-9-14-13-7-5-6-8-17(13)24-20(14)19-15-11-23(4,25-21(12)19)18-10-16(15)22(18,2)3/h5-9,15-16,18,24H,10-11H2,1-4H3. The monoisotopic (exact) mass is 331 g/mol. The molecule has 2 aromatic carbocycles. The lowest BCUT2D eigenvalue weighted by molar-refractivity contribution is -0.202. The number of rotatable bonds is 0. The van der Waals surface area contributed by atoms with Gasteiger partial charge in [0.05, 0.1) is 5.52 Å². The Labute approximate surface area is 148 Å². The number of H-pyrrole nitrogens is 1. The number of aryl methyl sites for hydroxylation is 1. The van der Waals surface area contributed by atoms with Gasteiger partial charge in [-0.3, -0.25) is 0 Å². The lowest BCUT2D eigenvalue weighted by Gasteiger charge is -2.68. The second kappa shape index (κ2) is 4.06. The van der Waals surface area contributed by atoms with Crippen LogP contribution >= 0.6 is 0 Å². The minimum absolute atomic E-state index is 0.000366. The van der Waals surface area contributed by atoms with Crippen LogP contribution in [0.2, 0.25) is 0 Å². The van der Waals surface area contributed by atoms with Crippen LogP contribution in [0, 0.1) is 24.2 Å². The molecule has 3 fully saturated rings. The molecule has 7 rings (SSSR count). The van der Waals surface area contributed by atoms with Crippen LogP contribution in [-0.4, -0.2) is 10.6 Å². The predicted octanol–water partition coefficient (Wildman–Crippen LogP) is 5.93. The van der Waals surface area contributed by atoms with Gasteiger partial charge in [-0.15, -0.1) is 0 Å². The number of nitrogens with one attached hydrogen (secondary N) is 1. The summed E-state index contributed by atoms with van der Waals surface area (Å²) in [6, 6.07) is 11.0. The molecule has 3 aliphatic carbocycles. The molecule has 4 unspecified atom stereocenters. The summed E-state index contributed by atoms with van der Waals surface area (Å²) < 4.78 is 6.79. The van der Waals surface area contributed by atoms with E-state index in [1.807, 2.05) is 0 Å². The van der Waals surface area contributed by atoms with Gasteiger partial charge in [-0.25, -0.2) is 0 Å². The Morgan fingerprint density at radius 3 is 2.72 bits per heavy atom. The Morgan fingerprint density at radius 1 is 1.12 bits per heavy atom. The minimum atomic E-state index is 0.000366. The molecular formula is C23H25NO. The van der Waals surface area contributed by atoms with Crippen molar-refractivity contribution < 1.29 is 4.74 Å². The lowest BCUT2D eigenvalue weighted by Crippen LogP contribution is -2.66. The summed E-state index contributed by atoms with van der Waals surface area (Å²) in [6.45, 7) is 9.51. The number of aromatic nitrogens is 1. The van der Waals surface area contributed by atoms with Crippen molar-refractivity contribution in [3.05, 3.63) is 41.5 Å². The molecule has 4 bridgehead atoms. The molecule has 0 amide bonds. The highest BCUT2D eigenvalue weighted by Gasteiger charge is 2.66. The summed E-state index contributed by atoms with van der Waals surface area (Å²) >= 11 is 0. The normalized spacial score (nSPS) is 34.5. The third kappa shape index (κ3) is 1.49. The number of benzene rings is 2. The van der Waals surface area contributed by atoms with Gasteiger partial charge in [0, 0.05) is 27.8 Å². The Kier molecular flexibility index (Phi) is 2.31. The Morgan fingerprint density at radius 2 is 1.92 bits per heavy atom. The number of para-hydroxylation sites is 1. The lowest BCUT2D eigenvalue weighted by atomic mass is 9.40. The van der Waals surface area contributed by atoms with E-state index in [0.717, 1.165) is 5.92 Å². The van der Waals surface area contributed by atoms with E-state index in [4.69, 9.17) is 4.74 Å². The molecule has 2 nitrogen and oxygen atoms in total. The molecule has 1 aromatic heterocycles. The minimum Gasteiger partial charge on any atom is -0.487 e. The SMILES string of the molecule is Cc1cc2c([nH]c3ccccc32)c2c1OC1(C)CC2C2CC1C2(C)C. The first-order chi connectivity index (χ1) is 11.9. The Bertz CT molecular complexity index is 1060. The van der Waals surface area contributed by atoms with Gasteiger partial charge in [0.15, 0.2) is 0 Å². The molecule has 2 heteroatoms. The average molecular weight is 331 g/mol. The van der Waals surface area contributed by atoms with Gasteiger partial charge >= 0.3 is 0 Å². The number of ether oxygens (including phenoxy) is 1. The quantitative estimate of drug-likeness (QED) is 0.542. The van der Waals surface area contributed by atoms with Crippen LogP contribution in [0.1, 0.15) is 50.7 Å². The molecule has 25 heavy (non-hydrogen) atoms. The van der Waals surface area contributed by atoms with Crippen LogP contribution in [0.15, 0.2) is 30.3 Å². The summed E-state index contributed by atoms with van der Waals surface area (Å²) in [5.41, 5.74) is 5.69. The first-order valence-electron chi connectivity index (χ1n) is 9.63. The van der Waals surface area contributed by atoms with E-state index in [1.54, 1.807) is 0 Å². The van der Waals surface area contributed by atoms with Crippen LogP contribution in [0.3, 0.4) is 0 Å². The number of hydrogen-bond donors (Lipinski definition) is 1. The zero-order chi connectivity index (χ0) is 17.1. The fourth-order valence-corrected chi connectivity index (χ4v) is 6.67. The van der Waals surface area contributed by atoms with Crippen molar-refractivity contribution in [1.29, 1.82) is 0 Å². The van der Waals surface area contributed by atoms with E-state index in [2.05, 4.69) is 63.0 Å². The second-order valence-electron chi connectivity index (χ2n) is 9.47. The summed E-state index contributed by atoms with van der Waals surface area (Å²) in [4.78, 5) is 3.73. The van der Waals surface area contributed by atoms with Crippen molar-refractivity contribution in [1.82, 2.24) is 4.98 Å². The molecule has 3 saturated carbocycles. The zero-order valence-electron chi connectivity index (χ0n) is 15.4. The van der Waals surface area contributed by atoms with Crippen molar-refractivity contribution in [2.75, 3.05) is 0 Å². The van der Waals surface area contributed by atoms with E-state index >= 15 is 0 Å². The van der Waals surface area contributed by atoms with Gasteiger partial charge in [0.2, 0.25) is 0 Å². The van der Waals surface area contributed by atoms with Crippen molar-refractivity contribution in [2.24, 2.45) is 17.3 Å². The van der Waals surface area contributed by atoms with Gasteiger partial charge < -0.3 is 9.72 Å².